The summed E-state index contributed by atoms with van der Waals surface area (Å²) >= 11 is 1.68. The zero-order valence-corrected chi connectivity index (χ0v) is 8.74. The summed E-state index contributed by atoms with van der Waals surface area (Å²) in [6.45, 7) is 2.60. The van der Waals surface area contributed by atoms with Gasteiger partial charge in [-0.2, -0.15) is 0 Å². The van der Waals surface area contributed by atoms with E-state index < -0.39 is 0 Å². The van der Waals surface area contributed by atoms with Gasteiger partial charge in [-0.3, -0.25) is 0 Å². The van der Waals surface area contributed by atoms with Crippen LogP contribution in [0.2, 0.25) is 0 Å². The summed E-state index contributed by atoms with van der Waals surface area (Å²) in [6, 6.07) is 4.27. The molecule has 0 spiro atoms. The normalized spacial score (nSPS) is 13.0. The molecule has 0 fully saturated rings. The molecule has 2 N–H and O–H groups in total. The molecule has 2 heterocycles. The van der Waals surface area contributed by atoms with Crippen molar-refractivity contribution in [3.63, 3.8) is 0 Å². The fourth-order valence-corrected chi connectivity index (χ4v) is 2.00. The molecule has 0 saturated heterocycles. The second kappa shape index (κ2) is 3.89. The summed E-state index contributed by atoms with van der Waals surface area (Å²) in [5.74, 6) is 0. The van der Waals surface area contributed by atoms with Crippen LogP contribution in [0.4, 0.5) is 0 Å². The average molecular weight is 208 g/mol. The first-order valence-electron chi connectivity index (χ1n) is 4.47. The molecule has 0 aliphatic rings. The zero-order valence-electron chi connectivity index (χ0n) is 7.92. The third-order valence-electron chi connectivity index (χ3n) is 2.11. The smallest absolute Gasteiger partial charge is 0.0988 e. The Morgan fingerprint density at radius 2 is 2.50 bits per heavy atom. The van der Waals surface area contributed by atoms with Gasteiger partial charge in [0.15, 0.2) is 0 Å². The monoisotopic (exact) mass is 208 g/mol. The Balaban J connectivity index is 2.40. The summed E-state index contributed by atoms with van der Waals surface area (Å²) in [5, 5.41) is 9.99. The molecular formula is C9H12N4S. The van der Waals surface area contributed by atoms with Crippen LogP contribution in [0.5, 0.6) is 0 Å². The lowest BCUT2D eigenvalue weighted by Gasteiger charge is -2.10. The molecule has 4 nitrogen and oxygen atoms in total. The largest absolute Gasteiger partial charge is 0.328 e. The number of hydrogen-bond acceptors (Lipinski definition) is 4. The van der Waals surface area contributed by atoms with E-state index in [0.29, 0.717) is 6.54 Å². The molecule has 1 unspecified atom stereocenters. The molecule has 0 radical (unpaired) electrons. The predicted octanol–water partition coefficient (Wildman–Crippen LogP) is 1.53. The van der Waals surface area contributed by atoms with Crippen molar-refractivity contribution in [3.8, 4) is 10.6 Å². The molecule has 0 bridgehead atoms. The van der Waals surface area contributed by atoms with Crippen molar-refractivity contribution in [1.29, 1.82) is 0 Å². The first-order valence-corrected chi connectivity index (χ1v) is 5.35. The quantitative estimate of drug-likeness (QED) is 0.832. The third-order valence-corrected chi connectivity index (χ3v) is 3.00. The van der Waals surface area contributed by atoms with Crippen LogP contribution in [0.25, 0.3) is 10.6 Å². The maximum atomic E-state index is 5.60. The van der Waals surface area contributed by atoms with Gasteiger partial charge in [0.05, 0.1) is 22.8 Å². The van der Waals surface area contributed by atoms with Gasteiger partial charge in [-0.1, -0.05) is 11.3 Å². The molecule has 1 atom stereocenters. The second-order valence-corrected chi connectivity index (χ2v) is 4.07. The highest BCUT2D eigenvalue weighted by Crippen LogP contribution is 2.25. The molecule has 0 aliphatic heterocycles. The minimum absolute atomic E-state index is 0.189. The summed E-state index contributed by atoms with van der Waals surface area (Å²) in [4.78, 5) is 1.18. The number of aromatic nitrogens is 3. The van der Waals surface area contributed by atoms with E-state index in [1.807, 2.05) is 23.1 Å². The van der Waals surface area contributed by atoms with E-state index in [4.69, 9.17) is 5.73 Å². The fraction of sp³-hybridized carbons (Fsp3) is 0.333. The molecule has 0 aliphatic carbocycles. The van der Waals surface area contributed by atoms with Gasteiger partial charge < -0.3 is 5.73 Å². The Labute approximate surface area is 86.4 Å². The van der Waals surface area contributed by atoms with Crippen molar-refractivity contribution in [1.82, 2.24) is 15.0 Å². The van der Waals surface area contributed by atoms with Crippen molar-refractivity contribution in [3.05, 3.63) is 23.7 Å². The lowest BCUT2D eigenvalue weighted by molar-refractivity contribution is 0.491. The number of hydrogen-bond donors (Lipinski definition) is 1. The number of thiophene rings is 1. The molecule has 0 amide bonds. The summed E-state index contributed by atoms with van der Waals surface area (Å²) in [5.41, 5.74) is 6.64. The molecule has 2 rings (SSSR count). The standard InChI is InChI=1S/C9H12N4S/c1-7(5-10)13-8(6-11-12-13)9-3-2-4-14-9/h2-4,6-7H,5,10H2,1H3. The lowest BCUT2D eigenvalue weighted by atomic mass is 10.3. The van der Waals surface area contributed by atoms with Crippen molar-refractivity contribution in [2.24, 2.45) is 5.73 Å². The highest BCUT2D eigenvalue weighted by molar-refractivity contribution is 7.13. The van der Waals surface area contributed by atoms with E-state index >= 15 is 0 Å². The minimum Gasteiger partial charge on any atom is -0.328 e. The topological polar surface area (TPSA) is 56.7 Å². The zero-order chi connectivity index (χ0) is 9.97. The van der Waals surface area contributed by atoms with Gasteiger partial charge in [-0.25, -0.2) is 4.68 Å². The van der Waals surface area contributed by atoms with Crippen LogP contribution in [-0.2, 0) is 0 Å². The Hall–Kier alpha value is -1.20. The van der Waals surface area contributed by atoms with E-state index in [1.54, 1.807) is 17.5 Å². The van der Waals surface area contributed by atoms with Crippen molar-refractivity contribution in [2.45, 2.75) is 13.0 Å². The van der Waals surface area contributed by atoms with Gasteiger partial charge >= 0.3 is 0 Å². The summed E-state index contributed by atoms with van der Waals surface area (Å²) in [7, 11) is 0. The highest BCUT2D eigenvalue weighted by Gasteiger charge is 2.11. The van der Waals surface area contributed by atoms with Gasteiger partial charge in [0.2, 0.25) is 0 Å². The lowest BCUT2D eigenvalue weighted by Crippen LogP contribution is -2.17. The summed E-state index contributed by atoms with van der Waals surface area (Å²) < 4.78 is 1.87. The van der Waals surface area contributed by atoms with Crippen LogP contribution >= 0.6 is 11.3 Å². The van der Waals surface area contributed by atoms with E-state index in [-0.39, 0.29) is 6.04 Å². The van der Waals surface area contributed by atoms with E-state index in [0.717, 1.165) is 5.69 Å². The minimum atomic E-state index is 0.189. The molecule has 2 aromatic rings. The number of rotatable bonds is 3. The van der Waals surface area contributed by atoms with Gasteiger partial charge in [0.25, 0.3) is 0 Å². The van der Waals surface area contributed by atoms with Crippen LogP contribution < -0.4 is 5.73 Å². The van der Waals surface area contributed by atoms with Crippen molar-refractivity contribution >= 4 is 11.3 Å². The number of nitrogens with two attached hydrogens (primary N) is 1. The Bertz CT molecular complexity index is 393. The molecule has 2 aromatic heterocycles. The maximum absolute atomic E-state index is 5.60. The fourth-order valence-electron chi connectivity index (χ4n) is 1.27. The first-order chi connectivity index (χ1) is 6.83. The molecule has 14 heavy (non-hydrogen) atoms. The van der Waals surface area contributed by atoms with E-state index in [1.165, 1.54) is 4.88 Å². The van der Waals surface area contributed by atoms with Crippen molar-refractivity contribution < 1.29 is 0 Å². The van der Waals surface area contributed by atoms with Gasteiger partial charge in [-0.15, -0.1) is 16.4 Å². The predicted molar refractivity (Wildman–Crippen MR) is 57.1 cm³/mol. The van der Waals surface area contributed by atoms with Crippen LogP contribution in [0.3, 0.4) is 0 Å². The van der Waals surface area contributed by atoms with Gasteiger partial charge in [0, 0.05) is 6.54 Å². The summed E-state index contributed by atoms with van der Waals surface area (Å²) in [6.07, 6.45) is 1.78. The van der Waals surface area contributed by atoms with Gasteiger partial charge in [0.1, 0.15) is 0 Å². The Kier molecular flexibility index (Phi) is 2.60. The van der Waals surface area contributed by atoms with Crippen LogP contribution in [0.1, 0.15) is 13.0 Å². The third kappa shape index (κ3) is 1.56. The molecule has 74 valence electrons. The first kappa shape index (κ1) is 9.36. The van der Waals surface area contributed by atoms with E-state index in [2.05, 4.69) is 16.4 Å². The molecule has 0 saturated carbocycles. The Morgan fingerprint density at radius 3 is 3.14 bits per heavy atom. The SMILES string of the molecule is CC(CN)n1nncc1-c1cccs1. The molecule has 0 aromatic carbocycles. The molecule has 5 heteroatoms. The Morgan fingerprint density at radius 1 is 1.64 bits per heavy atom. The van der Waals surface area contributed by atoms with Crippen LogP contribution in [0.15, 0.2) is 23.7 Å². The van der Waals surface area contributed by atoms with Gasteiger partial charge in [-0.05, 0) is 18.4 Å². The average Bonchev–Trinajstić information content (AvgIpc) is 2.85. The number of nitrogens with zero attached hydrogens (tertiary/aromatic N) is 3. The van der Waals surface area contributed by atoms with E-state index in [9.17, 15) is 0 Å². The van der Waals surface area contributed by atoms with Crippen LogP contribution in [-0.4, -0.2) is 21.5 Å². The second-order valence-electron chi connectivity index (χ2n) is 3.13. The maximum Gasteiger partial charge on any atom is 0.0988 e. The van der Waals surface area contributed by atoms with Crippen LogP contribution in [0, 0.1) is 0 Å². The molecular weight excluding hydrogens is 196 g/mol. The highest BCUT2D eigenvalue weighted by atomic mass is 32.1. The van der Waals surface area contributed by atoms with Crippen molar-refractivity contribution in [2.75, 3.05) is 6.54 Å².